The number of hydrogen-bond acceptors (Lipinski definition) is 2. The number of carboxylic acid groups (broad SMARTS) is 1. The Morgan fingerprint density at radius 1 is 1.48 bits per heavy atom. The van der Waals surface area contributed by atoms with E-state index in [0.29, 0.717) is 5.92 Å². The highest BCUT2D eigenvalue weighted by Crippen LogP contribution is 2.22. The van der Waals surface area contributed by atoms with Gasteiger partial charge in [0.15, 0.2) is 0 Å². The van der Waals surface area contributed by atoms with E-state index in [9.17, 15) is 13.6 Å². The van der Waals surface area contributed by atoms with Gasteiger partial charge in [0.05, 0.1) is 6.42 Å². The minimum atomic E-state index is -0.907. The van der Waals surface area contributed by atoms with Gasteiger partial charge < -0.3 is 5.11 Å². The molecule has 2 unspecified atom stereocenters. The highest BCUT2D eigenvalue weighted by atomic mass is 19.1. The van der Waals surface area contributed by atoms with Crippen LogP contribution >= 0.6 is 0 Å². The van der Waals surface area contributed by atoms with Crippen molar-refractivity contribution in [3.8, 4) is 0 Å². The van der Waals surface area contributed by atoms with Gasteiger partial charge in [-0.05, 0) is 55.5 Å². The summed E-state index contributed by atoms with van der Waals surface area (Å²) >= 11 is 0. The van der Waals surface area contributed by atoms with E-state index in [1.807, 2.05) is 0 Å². The number of halogens is 2. The molecule has 1 aromatic carbocycles. The van der Waals surface area contributed by atoms with Gasteiger partial charge in [0.25, 0.3) is 0 Å². The Kier molecular flexibility index (Phi) is 5.28. The van der Waals surface area contributed by atoms with Gasteiger partial charge in [0.1, 0.15) is 11.6 Å². The van der Waals surface area contributed by atoms with Gasteiger partial charge in [-0.2, -0.15) is 0 Å². The number of aliphatic carboxylic acids is 1. The molecular formula is C16H21F2NO2. The first-order valence-corrected chi connectivity index (χ1v) is 7.35. The van der Waals surface area contributed by atoms with Crippen LogP contribution in [0, 0.1) is 17.6 Å². The Bertz CT molecular complexity index is 507. The van der Waals surface area contributed by atoms with Crippen LogP contribution in [0.5, 0.6) is 0 Å². The van der Waals surface area contributed by atoms with Gasteiger partial charge in [0.2, 0.25) is 0 Å². The van der Waals surface area contributed by atoms with Crippen LogP contribution in [0.2, 0.25) is 0 Å². The summed E-state index contributed by atoms with van der Waals surface area (Å²) in [5.74, 6) is -1.37. The number of hydrogen-bond donors (Lipinski definition) is 1. The van der Waals surface area contributed by atoms with Crippen molar-refractivity contribution in [1.29, 1.82) is 0 Å². The molecule has 1 saturated heterocycles. The number of rotatable bonds is 5. The van der Waals surface area contributed by atoms with Gasteiger partial charge in [-0.3, -0.25) is 9.69 Å². The predicted molar refractivity (Wildman–Crippen MR) is 76.1 cm³/mol. The summed E-state index contributed by atoms with van der Waals surface area (Å²) in [5, 5.41) is 9.09. The fourth-order valence-electron chi connectivity index (χ4n) is 3.04. The van der Waals surface area contributed by atoms with Gasteiger partial charge in [-0.25, -0.2) is 8.78 Å². The lowest BCUT2D eigenvalue weighted by Crippen LogP contribution is -2.44. The molecule has 5 heteroatoms. The van der Waals surface area contributed by atoms with Crippen molar-refractivity contribution in [2.45, 2.75) is 38.6 Å². The van der Waals surface area contributed by atoms with Crippen molar-refractivity contribution < 1.29 is 18.7 Å². The fourth-order valence-corrected chi connectivity index (χ4v) is 3.04. The molecule has 116 valence electrons. The molecule has 0 spiro atoms. The molecular weight excluding hydrogens is 276 g/mol. The molecule has 2 atom stereocenters. The van der Waals surface area contributed by atoms with E-state index in [0.717, 1.165) is 44.1 Å². The van der Waals surface area contributed by atoms with Crippen molar-refractivity contribution in [3.05, 3.63) is 35.4 Å². The second-order valence-electron chi connectivity index (χ2n) is 5.93. The molecule has 0 aromatic heterocycles. The second kappa shape index (κ2) is 6.98. The van der Waals surface area contributed by atoms with Crippen LogP contribution in [-0.4, -0.2) is 35.1 Å². The Balaban J connectivity index is 2.15. The Morgan fingerprint density at radius 3 is 2.90 bits per heavy atom. The number of carboxylic acids is 1. The molecule has 1 fully saturated rings. The molecule has 1 aliphatic rings. The fraction of sp³-hybridized carbons (Fsp3) is 0.562. The van der Waals surface area contributed by atoms with E-state index in [1.54, 1.807) is 0 Å². The van der Waals surface area contributed by atoms with Crippen molar-refractivity contribution in [2.24, 2.45) is 5.92 Å². The minimum Gasteiger partial charge on any atom is -0.481 e. The van der Waals surface area contributed by atoms with E-state index in [-0.39, 0.29) is 24.4 Å². The van der Waals surface area contributed by atoms with E-state index in [1.165, 1.54) is 0 Å². The van der Waals surface area contributed by atoms with Gasteiger partial charge >= 0.3 is 5.97 Å². The molecule has 0 saturated carbocycles. The zero-order valence-electron chi connectivity index (χ0n) is 12.2. The van der Waals surface area contributed by atoms with Gasteiger partial charge in [-0.15, -0.1) is 0 Å². The van der Waals surface area contributed by atoms with Crippen molar-refractivity contribution in [2.75, 3.05) is 13.1 Å². The number of likely N-dealkylation sites (tertiary alicyclic amines) is 1. The van der Waals surface area contributed by atoms with Crippen molar-refractivity contribution >= 4 is 5.97 Å². The molecule has 1 aromatic rings. The topological polar surface area (TPSA) is 40.5 Å². The van der Waals surface area contributed by atoms with Crippen LogP contribution < -0.4 is 0 Å². The van der Waals surface area contributed by atoms with Crippen LogP contribution in [0.3, 0.4) is 0 Å². The first-order valence-electron chi connectivity index (χ1n) is 7.35. The van der Waals surface area contributed by atoms with Gasteiger partial charge in [0, 0.05) is 12.6 Å². The molecule has 3 nitrogen and oxygen atoms in total. The maximum Gasteiger partial charge on any atom is 0.304 e. The maximum atomic E-state index is 13.8. The first-order chi connectivity index (χ1) is 9.95. The summed E-state index contributed by atoms with van der Waals surface area (Å²) in [4.78, 5) is 13.2. The zero-order valence-corrected chi connectivity index (χ0v) is 12.2. The standard InChI is InChI=1S/C16H21F2NO2/c1-11-3-2-6-19(10-11)14(9-16(20)21)8-12-7-13(17)4-5-15(12)18/h4-5,7,11,14H,2-3,6,8-10H2,1H3,(H,20,21). The first kappa shape index (κ1) is 15.9. The summed E-state index contributed by atoms with van der Waals surface area (Å²) in [6.07, 6.45) is 2.32. The van der Waals surface area contributed by atoms with Crippen LogP contribution in [-0.2, 0) is 11.2 Å². The third-order valence-electron chi connectivity index (χ3n) is 4.08. The predicted octanol–water partition coefficient (Wildman–Crippen LogP) is 3.08. The lowest BCUT2D eigenvalue weighted by molar-refractivity contribution is -0.138. The van der Waals surface area contributed by atoms with Crippen LogP contribution in [0.15, 0.2) is 18.2 Å². The summed E-state index contributed by atoms with van der Waals surface area (Å²) < 4.78 is 27.0. The number of carbonyl (C=O) groups is 1. The molecule has 1 aliphatic heterocycles. The molecule has 0 aliphatic carbocycles. The monoisotopic (exact) mass is 297 g/mol. The Hall–Kier alpha value is -1.49. The summed E-state index contributed by atoms with van der Waals surface area (Å²) in [6.45, 7) is 3.76. The SMILES string of the molecule is CC1CCCN(C(CC(=O)O)Cc2cc(F)ccc2F)C1. The molecule has 2 rings (SSSR count). The van der Waals surface area contributed by atoms with Crippen molar-refractivity contribution in [3.63, 3.8) is 0 Å². The van der Waals surface area contributed by atoms with E-state index in [2.05, 4.69) is 11.8 Å². The number of piperidine rings is 1. The lowest BCUT2D eigenvalue weighted by Gasteiger charge is -2.37. The number of benzene rings is 1. The average Bonchev–Trinajstić information content (AvgIpc) is 2.41. The average molecular weight is 297 g/mol. The molecule has 21 heavy (non-hydrogen) atoms. The van der Waals surface area contributed by atoms with Crippen LogP contribution in [0.25, 0.3) is 0 Å². The Labute approximate surface area is 123 Å². The molecule has 1 heterocycles. The molecule has 0 bridgehead atoms. The largest absolute Gasteiger partial charge is 0.481 e. The highest BCUT2D eigenvalue weighted by molar-refractivity contribution is 5.67. The normalized spacial score (nSPS) is 21.2. The van der Waals surface area contributed by atoms with Crippen LogP contribution in [0.1, 0.15) is 31.7 Å². The third kappa shape index (κ3) is 4.49. The maximum absolute atomic E-state index is 13.8. The summed E-state index contributed by atoms with van der Waals surface area (Å²) in [5.41, 5.74) is 0.250. The second-order valence-corrected chi connectivity index (χ2v) is 5.93. The van der Waals surface area contributed by atoms with E-state index < -0.39 is 17.6 Å². The summed E-state index contributed by atoms with van der Waals surface area (Å²) in [6, 6.07) is 3.05. The third-order valence-corrected chi connectivity index (χ3v) is 4.08. The van der Waals surface area contributed by atoms with Crippen LogP contribution in [0.4, 0.5) is 8.78 Å². The molecule has 1 N–H and O–H groups in total. The highest BCUT2D eigenvalue weighted by Gasteiger charge is 2.26. The van der Waals surface area contributed by atoms with E-state index in [4.69, 9.17) is 5.11 Å². The lowest BCUT2D eigenvalue weighted by atomic mass is 9.94. The number of nitrogens with zero attached hydrogens (tertiary/aromatic N) is 1. The quantitative estimate of drug-likeness (QED) is 0.908. The minimum absolute atomic E-state index is 0.0529. The zero-order chi connectivity index (χ0) is 15.4. The van der Waals surface area contributed by atoms with Gasteiger partial charge in [-0.1, -0.05) is 6.92 Å². The van der Waals surface area contributed by atoms with E-state index >= 15 is 0 Å². The Morgan fingerprint density at radius 2 is 2.24 bits per heavy atom. The summed E-state index contributed by atoms with van der Waals surface area (Å²) in [7, 11) is 0. The molecule has 0 radical (unpaired) electrons. The van der Waals surface area contributed by atoms with Crippen molar-refractivity contribution in [1.82, 2.24) is 4.90 Å². The molecule has 0 amide bonds. The smallest absolute Gasteiger partial charge is 0.304 e.